The van der Waals surface area contributed by atoms with Crippen molar-refractivity contribution in [3.05, 3.63) is 51.9 Å². The van der Waals surface area contributed by atoms with Gasteiger partial charge >= 0.3 is 0 Å². The summed E-state index contributed by atoms with van der Waals surface area (Å²) in [4.78, 5) is 32.3. The van der Waals surface area contributed by atoms with E-state index in [-0.39, 0.29) is 17.2 Å². The topological polar surface area (TPSA) is 79.8 Å². The fourth-order valence-electron chi connectivity index (χ4n) is 2.82. The van der Waals surface area contributed by atoms with Crippen molar-refractivity contribution in [1.29, 1.82) is 0 Å². The Morgan fingerprint density at radius 3 is 2.81 bits per heavy atom. The zero-order chi connectivity index (χ0) is 18.8. The smallest absolute Gasteiger partial charge is 0.278 e. The number of hydrogen-bond acceptors (Lipinski definition) is 4. The molecule has 26 heavy (non-hydrogen) atoms. The Kier molecular flexibility index (Phi) is 5.18. The Balaban J connectivity index is 1.75. The Hall–Kier alpha value is -2.54. The summed E-state index contributed by atoms with van der Waals surface area (Å²) in [6, 6.07) is 9.62. The maximum absolute atomic E-state index is 12.4. The molecule has 0 aliphatic carbocycles. The lowest BCUT2D eigenvalue weighted by Gasteiger charge is -2.13. The van der Waals surface area contributed by atoms with E-state index < -0.39 is 0 Å². The molecule has 0 bridgehead atoms. The van der Waals surface area contributed by atoms with Crippen LogP contribution in [-0.4, -0.2) is 26.2 Å². The van der Waals surface area contributed by atoms with Crippen molar-refractivity contribution in [3.63, 3.8) is 0 Å². The molecule has 1 aromatic carbocycles. The minimum absolute atomic E-state index is 0.123. The van der Waals surface area contributed by atoms with Gasteiger partial charge in [0.2, 0.25) is 5.91 Å². The molecule has 0 atom stereocenters. The first-order valence-electron chi connectivity index (χ1n) is 8.44. The molecule has 0 radical (unpaired) electrons. The van der Waals surface area contributed by atoms with Crippen LogP contribution in [0.25, 0.3) is 11.0 Å². The van der Waals surface area contributed by atoms with E-state index in [1.54, 1.807) is 7.05 Å². The van der Waals surface area contributed by atoms with Crippen molar-refractivity contribution in [2.45, 2.75) is 31.8 Å². The number of anilines is 1. The molecule has 0 unspecified atom stereocenters. The monoisotopic (exact) mass is 370 g/mol. The Morgan fingerprint density at radius 1 is 1.35 bits per heavy atom. The molecule has 0 fully saturated rings. The molecule has 0 saturated carbocycles. The average Bonchev–Trinajstić information content (AvgIpc) is 2.97. The van der Waals surface area contributed by atoms with Gasteiger partial charge in [0.1, 0.15) is 5.52 Å². The van der Waals surface area contributed by atoms with Crippen LogP contribution < -0.4 is 10.9 Å². The number of aryl methyl sites for hydroxylation is 1. The Bertz CT molecular complexity index is 1020. The van der Waals surface area contributed by atoms with Gasteiger partial charge < -0.3 is 10.3 Å². The minimum Gasteiger partial charge on any atom is -0.353 e. The van der Waals surface area contributed by atoms with E-state index in [0.29, 0.717) is 22.1 Å². The minimum atomic E-state index is -0.142. The number of amides is 1. The molecule has 0 aliphatic rings. The summed E-state index contributed by atoms with van der Waals surface area (Å²) in [6.07, 6.45) is 0. The predicted molar refractivity (Wildman–Crippen MR) is 106 cm³/mol. The first-order valence-corrected chi connectivity index (χ1v) is 9.43. The molecule has 0 spiro atoms. The summed E-state index contributed by atoms with van der Waals surface area (Å²) < 4.78 is 1.47. The lowest BCUT2D eigenvalue weighted by molar-refractivity contribution is -0.113. The molecule has 136 valence electrons. The molecule has 2 aromatic heterocycles. The maximum Gasteiger partial charge on any atom is 0.278 e. The number of fused-ring (bicyclic) bond motifs is 1. The van der Waals surface area contributed by atoms with E-state index in [1.165, 1.54) is 16.3 Å². The second-order valence-electron chi connectivity index (χ2n) is 6.55. The van der Waals surface area contributed by atoms with Crippen molar-refractivity contribution in [3.8, 4) is 0 Å². The van der Waals surface area contributed by atoms with Crippen LogP contribution in [0.3, 0.4) is 0 Å². The van der Waals surface area contributed by atoms with Gasteiger partial charge in [-0.2, -0.15) is 0 Å². The number of rotatable bonds is 5. The Labute approximate surface area is 156 Å². The van der Waals surface area contributed by atoms with Crippen molar-refractivity contribution < 1.29 is 4.79 Å². The fraction of sp³-hybridized carbons (Fsp3) is 0.316. The summed E-state index contributed by atoms with van der Waals surface area (Å²) in [6.45, 7) is 6.06. The van der Waals surface area contributed by atoms with Crippen molar-refractivity contribution in [2.75, 3.05) is 11.1 Å². The van der Waals surface area contributed by atoms with E-state index in [9.17, 15) is 9.59 Å². The number of H-pyrrole nitrogens is 1. The summed E-state index contributed by atoms with van der Waals surface area (Å²) >= 11 is 1.25. The largest absolute Gasteiger partial charge is 0.353 e. The lowest BCUT2D eigenvalue weighted by Crippen LogP contribution is -2.21. The number of hydrogen-bond donors (Lipinski definition) is 2. The second kappa shape index (κ2) is 7.37. The van der Waals surface area contributed by atoms with Crippen LogP contribution in [0.2, 0.25) is 0 Å². The quantitative estimate of drug-likeness (QED) is 0.533. The molecule has 0 aliphatic heterocycles. The van der Waals surface area contributed by atoms with Gasteiger partial charge in [-0.15, -0.1) is 0 Å². The van der Waals surface area contributed by atoms with Crippen LogP contribution in [0.4, 0.5) is 5.69 Å². The van der Waals surface area contributed by atoms with Crippen LogP contribution >= 0.6 is 11.8 Å². The molecule has 0 saturated heterocycles. The average molecular weight is 370 g/mol. The Morgan fingerprint density at radius 2 is 2.08 bits per heavy atom. The summed E-state index contributed by atoms with van der Waals surface area (Å²) in [7, 11) is 1.67. The molecule has 1 amide bonds. The van der Waals surface area contributed by atoms with Gasteiger partial charge in [0.15, 0.2) is 5.16 Å². The van der Waals surface area contributed by atoms with Crippen LogP contribution in [0.1, 0.15) is 31.0 Å². The predicted octanol–water partition coefficient (Wildman–Crippen LogP) is 3.42. The molecule has 2 N–H and O–H groups in total. The van der Waals surface area contributed by atoms with Crippen LogP contribution in [0.15, 0.2) is 40.3 Å². The van der Waals surface area contributed by atoms with Gasteiger partial charge in [-0.25, -0.2) is 4.98 Å². The number of aromatic amines is 1. The first-order chi connectivity index (χ1) is 12.4. The molecular weight excluding hydrogens is 348 g/mol. The van der Waals surface area contributed by atoms with Gasteiger partial charge in [-0.1, -0.05) is 43.8 Å². The fourth-order valence-corrected chi connectivity index (χ4v) is 3.59. The number of benzene rings is 1. The van der Waals surface area contributed by atoms with Crippen molar-refractivity contribution in [2.24, 2.45) is 7.05 Å². The molecule has 3 rings (SSSR count). The standard InChI is InChI=1S/C19H22N4O2S/c1-11(2)13-7-5-6-8-14(13)21-16(24)10-26-19-22-15-9-12(3)20-17(15)18(25)23(19)4/h5-9,11,20H,10H2,1-4H3,(H,21,24). The number of thioether (sulfide) groups is 1. The third kappa shape index (κ3) is 3.67. The number of nitrogens with zero attached hydrogens (tertiary/aromatic N) is 2. The van der Waals surface area contributed by atoms with Crippen LogP contribution in [0, 0.1) is 6.92 Å². The third-order valence-electron chi connectivity index (χ3n) is 4.14. The van der Waals surface area contributed by atoms with E-state index in [1.807, 2.05) is 37.3 Å². The normalized spacial score (nSPS) is 11.3. The second-order valence-corrected chi connectivity index (χ2v) is 7.49. The number of aromatic nitrogens is 3. The molecular formula is C19H22N4O2S. The summed E-state index contributed by atoms with van der Waals surface area (Å²) in [5, 5.41) is 3.48. The summed E-state index contributed by atoms with van der Waals surface area (Å²) in [5.41, 5.74) is 3.78. The van der Waals surface area contributed by atoms with Crippen molar-refractivity contribution >= 4 is 34.4 Å². The summed E-state index contributed by atoms with van der Waals surface area (Å²) in [5.74, 6) is 0.380. The van der Waals surface area contributed by atoms with Crippen LogP contribution in [-0.2, 0) is 11.8 Å². The van der Waals surface area contributed by atoms with E-state index in [2.05, 4.69) is 29.1 Å². The highest BCUT2D eigenvalue weighted by atomic mass is 32.2. The van der Waals surface area contributed by atoms with Crippen LogP contribution in [0.5, 0.6) is 0 Å². The molecule has 3 aromatic rings. The van der Waals surface area contributed by atoms with Gasteiger partial charge in [-0.3, -0.25) is 14.2 Å². The number of nitrogens with one attached hydrogen (secondary N) is 2. The lowest BCUT2D eigenvalue weighted by atomic mass is 10.0. The van der Waals surface area contributed by atoms with E-state index >= 15 is 0 Å². The highest BCUT2D eigenvalue weighted by Gasteiger charge is 2.14. The maximum atomic E-state index is 12.4. The highest BCUT2D eigenvalue weighted by molar-refractivity contribution is 7.99. The number of para-hydroxylation sites is 1. The van der Waals surface area contributed by atoms with Crippen molar-refractivity contribution in [1.82, 2.24) is 14.5 Å². The third-order valence-corrected chi connectivity index (χ3v) is 5.17. The molecule has 7 heteroatoms. The molecule has 6 nitrogen and oxygen atoms in total. The van der Waals surface area contributed by atoms with Gasteiger partial charge in [0, 0.05) is 18.4 Å². The highest BCUT2D eigenvalue weighted by Crippen LogP contribution is 2.24. The number of carbonyl (C=O) groups is 1. The first kappa shape index (κ1) is 18.3. The van der Waals surface area contributed by atoms with Gasteiger partial charge in [0.05, 0.1) is 11.3 Å². The van der Waals surface area contributed by atoms with E-state index in [4.69, 9.17) is 0 Å². The van der Waals surface area contributed by atoms with E-state index in [0.717, 1.165) is 16.9 Å². The number of carbonyl (C=O) groups excluding carboxylic acids is 1. The zero-order valence-electron chi connectivity index (χ0n) is 15.3. The zero-order valence-corrected chi connectivity index (χ0v) is 16.1. The van der Waals surface area contributed by atoms with Gasteiger partial charge in [-0.05, 0) is 30.5 Å². The van der Waals surface area contributed by atoms with Gasteiger partial charge in [0.25, 0.3) is 5.56 Å². The molecule has 2 heterocycles. The SMILES string of the molecule is Cc1cc2nc(SCC(=O)Nc3ccccc3C(C)C)n(C)c(=O)c2[nH]1.